The molecule has 0 saturated heterocycles. The minimum atomic E-state index is 0.320. The third-order valence-corrected chi connectivity index (χ3v) is 1.33. The van der Waals surface area contributed by atoms with Gasteiger partial charge in [0.25, 0.3) is 0 Å². The summed E-state index contributed by atoms with van der Waals surface area (Å²) in [6.07, 6.45) is 6.62. The number of hydrogen-bond donors (Lipinski definition) is 0. The Kier molecular flexibility index (Phi) is 2.33. The maximum Gasteiger partial charge on any atom is 0.0860 e. The normalized spacial score (nSPS) is 11.1. The van der Waals surface area contributed by atoms with Gasteiger partial charge in [-0.05, 0) is 12.8 Å². The third-order valence-electron chi connectivity index (χ3n) is 1.33. The van der Waals surface area contributed by atoms with Crippen molar-refractivity contribution >= 4 is 0 Å². The lowest BCUT2D eigenvalue weighted by atomic mass is 10.2. The van der Waals surface area contributed by atoms with Crippen molar-refractivity contribution in [1.82, 2.24) is 9.97 Å². The first kappa shape index (κ1) is 5.83. The first-order chi connectivity index (χ1) is 5.34. The van der Waals surface area contributed by atoms with E-state index in [-0.39, 0.29) is 0 Å². The zero-order chi connectivity index (χ0) is 8.10. The van der Waals surface area contributed by atoms with Gasteiger partial charge in [0.2, 0.25) is 0 Å². The smallest absolute Gasteiger partial charge is 0.0860 e. The summed E-state index contributed by atoms with van der Waals surface area (Å²) in [5.74, 6) is 0. The van der Waals surface area contributed by atoms with Crippen LogP contribution in [0.3, 0.4) is 0 Å². The minimum Gasteiger partial charge on any atom is -0.261 e. The van der Waals surface area contributed by atoms with Gasteiger partial charge in [-0.25, -0.2) is 0 Å². The minimum absolute atomic E-state index is 0.320. The monoisotopic (exact) mass is 137 g/mol. The van der Waals surface area contributed by atoms with Gasteiger partial charge >= 0.3 is 0 Å². The van der Waals surface area contributed by atoms with E-state index in [4.69, 9.17) is 1.37 Å². The van der Waals surface area contributed by atoms with Crippen LogP contribution in [0.2, 0.25) is 0 Å². The molecule has 10 heavy (non-hydrogen) atoms. The molecular formula is C8H12N2. The summed E-state index contributed by atoms with van der Waals surface area (Å²) >= 11 is 0. The average Bonchev–Trinajstić information content (AvgIpc) is 2.03. The van der Waals surface area contributed by atoms with Gasteiger partial charge in [0, 0.05) is 18.6 Å². The third kappa shape index (κ3) is 2.13. The van der Waals surface area contributed by atoms with Gasteiger partial charge in [0.15, 0.2) is 0 Å². The molecule has 2 nitrogen and oxygen atoms in total. The molecule has 0 fully saturated rings. The van der Waals surface area contributed by atoms with Crippen molar-refractivity contribution in [1.29, 1.82) is 0 Å². The van der Waals surface area contributed by atoms with Crippen molar-refractivity contribution < 1.29 is 1.37 Å². The van der Waals surface area contributed by atoms with Crippen LogP contribution in [0.4, 0.5) is 0 Å². The summed E-state index contributed by atoms with van der Waals surface area (Å²) in [5.41, 5.74) is 0.814. The first-order valence-corrected chi connectivity index (χ1v) is 3.61. The fraction of sp³-hybridized carbons (Fsp3) is 0.500. The van der Waals surface area contributed by atoms with Crippen molar-refractivity contribution in [3.8, 4) is 0 Å². The van der Waals surface area contributed by atoms with Crippen molar-refractivity contribution in [2.45, 2.75) is 26.2 Å². The molecule has 0 aliphatic heterocycles. The van der Waals surface area contributed by atoms with Crippen LogP contribution in [0.15, 0.2) is 18.6 Å². The quantitative estimate of drug-likeness (QED) is 0.635. The first-order valence-electron chi connectivity index (χ1n) is 4.11. The van der Waals surface area contributed by atoms with Gasteiger partial charge in [0.05, 0.1) is 7.06 Å². The van der Waals surface area contributed by atoms with Gasteiger partial charge in [-0.2, -0.15) is 0 Å². The number of hydrogen-bond acceptors (Lipinski definition) is 2. The molecule has 1 aromatic heterocycles. The zero-order valence-corrected chi connectivity index (χ0v) is 6.17. The molecule has 0 saturated carbocycles. The van der Waals surface area contributed by atoms with E-state index in [2.05, 4.69) is 16.9 Å². The number of aromatic nitrogens is 2. The Morgan fingerprint density at radius 3 is 3.20 bits per heavy atom. The van der Waals surface area contributed by atoms with Gasteiger partial charge in [-0.15, -0.1) is 0 Å². The highest BCUT2D eigenvalue weighted by molar-refractivity contribution is 4.93. The summed E-state index contributed by atoms with van der Waals surface area (Å²) in [5, 5.41) is 0. The lowest BCUT2D eigenvalue weighted by Crippen LogP contribution is -1.89. The fourth-order valence-corrected chi connectivity index (χ4v) is 0.762. The molecule has 0 bridgehead atoms. The molecule has 54 valence electrons. The molecule has 0 radical (unpaired) electrons. The number of aryl methyl sites for hydroxylation is 1. The predicted molar refractivity (Wildman–Crippen MR) is 40.6 cm³/mol. The van der Waals surface area contributed by atoms with E-state index >= 15 is 0 Å². The number of nitrogens with zero attached hydrogens (tertiary/aromatic N) is 2. The molecule has 0 unspecified atom stereocenters. The molecule has 0 atom stereocenters. The molecule has 0 amide bonds. The average molecular weight is 137 g/mol. The predicted octanol–water partition coefficient (Wildman–Crippen LogP) is 1.82. The van der Waals surface area contributed by atoms with E-state index in [1.54, 1.807) is 12.4 Å². The molecule has 1 rings (SSSR count). The van der Waals surface area contributed by atoms with Crippen molar-refractivity contribution in [3.05, 3.63) is 24.3 Å². The largest absolute Gasteiger partial charge is 0.261 e. The van der Waals surface area contributed by atoms with Crippen molar-refractivity contribution in [3.63, 3.8) is 0 Å². The van der Waals surface area contributed by atoms with Crippen molar-refractivity contribution in [2.75, 3.05) is 0 Å². The van der Waals surface area contributed by atoms with E-state index in [9.17, 15) is 0 Å². The lowest BCUT2D eigenvalue weighted by molar-refractivity contribution is 0.772. The molecule has 0 aliphatic carbocycles. The Labute approximate surface area is 62.7 Å². The summed E-state index contributed by atoms with van der Waals surface area (Å²) in [6.45, 7) is 2.12. The van der Waals surface area contributed by atoms with E-state index in [0.717, 1.165) is 25.0 Å². The number of unbranched alkanes of at least 4 members (excludes halogenated alkanes) is 1. The summed E-state index contributed by atoms with van der Waals surface area (Å²) in [6, 6.07) is 0. The van der Waals surface area contributed by atoms with Gasteiger partial charge in [-0.3, -0.25) is 9.97 Å². The van der Waals surface area contributed by atoms with Crippen LogP contribution in [-0.4, -0.2) is 9.97 Å². The van der Waals surface area contributed by atoms with Crippen LogP contribution in [-0.2, 0) is 6.42 Å². The highest BCUT2D eigenvalue weighted by Crippen LogP contribution is 1.97. The fourth-order valence-electron chi connectivity index (χ4n) is 0.762. The van der Waals surface area contributed by atoms with Crippen LogP contribution in [0.1, 0.15) is 26.8 Å². The Morgan fingerprint density at radius 2 is 2.50 bits per heavy atom. The van der Waals surface area contributed by atoms with Crippen LogP contribution in [0.25, 0.3) is 0 Å². The Hall–Kier alpha value is -0.920. The molecule has 1 heterocycles. The van der Waals surface area contributed by atoms with Gasteiger partial charge < -0.3 is 0 Å². The van der Waals surface area contributed by atoms with E-state index in [0.29, 0.717) is 6.17 Å². The van der Waals surface area contributed by atoms with Crippen molar-refractivity contribution in [2.24, 2.45) is 0 Å². The second-order valence-electron chi connectivity index (χ2n) is 2.22. The van der Waals surface area contributed by atoms with Crippen LogP contribution >= 0.6 is 0 Å². The second kappa shape index (κ2) is 3.99. The standard InChI is InChI=1S/C8H12N2/c1-2-3-4-8-7-9-5-6-10-8/h5-7H,2-4H2,1H3/i7D. The van der Waals surface area contributed by atoms with Crippen LogP contribution in [0, 0.1) is 0 Å². The maximum atomic E-state index is 7.38. The summed E-state index contributed by atoms with van der Waals surface area (Å²) in [7, 11) is 0. The Balaban J connectivity index is 2.62. The lowest BCUT2D eigenvalue weighted by Gasteiger charge is -1.94. The number of rotatable bonds is 3. The van der Waals surface area contributed by atoms with E-state index < -0.39 is 0 Å². The van der Waals surface area contributed by atoms with Gasteiger partial charge in [-0.1, -0.05) is 13.3 Å². The Bertz CT molecular complexity index is 225. The highest BCUT2D eigenvalue weighted by Gasteiger charge is 1.89. The van der Waals surface area contributed by atoms with Crippen LogP contribution in [0.5, 0.6) is 0 Å². The topological polar surface area (TPSA) is 25.8 Å². The maximum absolute atomic E-state index is 7.38. The summed E-state index contributed by atoms with van der Waals surface area (Å²) < 4.78 is 7.38. The molecule has 0 spiro atoms. The summed E-state index contributed by atoms with van der Waals surface area (Å²) in [4.78, 5) is 7.90. The molecule has 2 heteroatoms. The molecule has 0 N–H and O–H groups in total. The Morgan fingerprint density at radius 1 is 1.60 bits per heavy atom. The molecule has 1 aromatic rings. The SMILES string of the molecule is [2H]c1nccnc1CCCC. The zero-order valence-electron chi connectivity index (χ0n) is 7.17. The van der Waals surface area contributed by atoms with Crippen LogP contribution < -0.4 is 0 Å². The van der Waals surface area contributed by atoms with E-state index in [1.165, 1.54) is 0 Å². The second-order valence-corrected chi connectivity index (χ2v) is 2.22. The molecule has 0 aliphatic rings. The molecule has 0 aromatic carbocycles. The highest BCUT2D eigenvalue weighted by atomic mass is 14.8. The van der Waals surface area contributed by atoms with Gasteiger partial charge in [0.1, 0.15) is 0 Å². The van der Waals surface area contributed by atoms with E-state index in [1.807, 2.05) is 0 Å². The molecular weight excluding hydrogens is 124 g/mol.